The molecule has 4 rings (SSSR count). The van der Waals surface area contributed by atoms with Crippen molar-refractivity contribution in [1.82, 2.24) is 24.8 Å². The van der Waals surface area contributed by atoms with Crippen molar-refractivity contribution in [2.45, 2.75) is 19.8 Å². The van der Waals surface area contributed by atoms with Crippen LogP contribution in [0.25, 0.3) is 28.5 Å². The lowest BCUT2D eigenvalue weighted by Crippen LogP contribution is -1.91. The summed E-state index contributed by atoms with van der Waals surface area (Å²) < 4.78 is 1.77. The number of hydrogen-bond acceptors (Lipinski definition) is 5. The molecule has 0 N–H and O–H groups in total. The highest BCUT2D eigenvalue weighted by atomic mass is 32.1. The van der Waals surface area contributed by atoms with E-state index in [2.05, 4.69) is 64.5 Å². The smallest absolute Gasteiger partial charge is 0.235 e. The normalized spacial score (nSPS) is 11.8. The van der Waals surface area contributed by atoms with E-state index in [1.807, 2.05) is 18.2 Å². The van der Waals surface area contributed by atoms with Crippen molar-refractivity contribution in [3.05, 3.63) is 64.9 Å². The Morgan fingerprint density at radius 2 is 1.88 bits per heavy atom. The first-order chi connectivity index (χ1) is 12.2. The minimum absolute atomic E-state index is 0.545. The van der Waals surface area contributed by atoms with Gasteiger partial charge in [-0.2, -0.15) is 9.61 Å². The quantitative estimate of drug-likeness (QED) is 0.544. The van der Waals surface area contributed by atoms with E-state index in [1.165, 1.54) is 16.9 Å². The third-order valence-corrected chi connectivity index (χ3v) is 4.81. The van der Waals surface area contributed by atoms with E-state index in [-0.39, 0.29) is 0 Å². The number of fused-ring (bicyclic) bond motifs is 1. The van der Waals surface area contributed by atoms with E-state index >= 15 is 0 Å². The summed E-state index contributed by atoms with van der Waals surface area (Å²) >= 11 is 1.51. The largest absolute Gasteiger partial charge is 0.264 e. The summed E-state index contributed by atoms with van der Waals surface area (Å²) in [7, 11) is 0. The Bertz CT molecular complexity index is 1010. The molecular weight excluding hydrogens is 330 g/mol. The van der Waals surface area contributed by atoms with Gasteiger partial charge in [0.05, 0.1) is 0 Å². The van der Waals surface area contributed by atoms with Gasteiger partial charge in [-0.15, -0.1) is 10.2 Å². The molecule has 25 heavy (non-hydrogen) atoms. The zero-order valence-electron chi connectivity index (χ0n) is 14.0. The summed E-state index contributed by atoms with van der Waals surface area (Å²) in [6.07, 6.45) is 7.58. The molecule has 0 amide bonds. The number of benzene rings is 1. The van der Waals surface area contributed by atoms with E-state index in [0.29, 0.717) is 11.7 Å². The Hall–Kier alpha value is -2.86. The van der Waals surface area contributed by atoms with Gasteiger partial charge < -0.3 is 0 Å². The highest BCUT2D eigenvalue weighted by molar-refractivity contribution is 7.17. The lowest BCUT2D eigenvalue weighted by molar-refractivity contribution is 0.866. The first-order valence-electron chi connectivity index (χ1n) is 8.11. The monoisotopic (exact) mass is 347 g/mol. The molecule has 0 fully saturated rings. The second-order valence-electron chi connectivity index (χ2n) is 6.05. The van der Waals surface area contributed by atoms with Crippen LogP contribution in [0.3, 0.4) is 0 Å². The van der Waals surface area contributed by atoms with E-state index < -0.39 is 0 Å². The molecule has 0 unspecified atom stereocenters. The summed E-state index contributed by atoms with van der Waals surface area (Å²) in [6, 6.07) is 12.4. The average Bonchev–Trinajstić information content (AvgIpc) is 3.21. The van der Waals surface area contributed by atoms with Crippen LogP contribution in [-0.4, -0.2) is 24.8 Å². The van der Waals surface area contributed by atoms with Crippen LogP contribution in [0.4, 0.5) is 0 Å². The molecule has 0 spiro atoms. The SMILES string of the molecule is CC(C)c1ccc(C=Cc2nn3c(-c4cccnc4)nnc3s2)cc1. The lowest BCUT2D eigenvalue weighted by atomic mass is 10.0. The topological polar surface area (TPSA) is 56.0 Å². The van der Waals surface area contributed by atoms with Crippen LogP contribution in [-0.2, 0) is 0 Å². The molecule has 124 valence electrons. The average molecular weight is 347 g/mol. The minimum Gasteiger partial charge on any atom is -0.264 e. The van der Waals surface area contributed by atoms with Crippen LogP contribution in [0.15, 0.2) is 48.8 Å². The molecule has 5 nitrogen and oxygen atoms in total. The maximum absolute atomic E-state index is 4.61. The fraction of sp³-hybridized carbons (Fsp3) is 0.158. The van der Waals surface area contributed by atoms with Crippen molar-refractivity contribution in [3.63, 3.8) is 0 Å². The number of rotatable bonds is 4. The molecule has 0 aliphatic carbocycles. The number of nitrogens with zero attached hydrogens (tertiary/aromatic N) is 5. The van der Waals surface area contributed by atoms with Gasteiger partial charge in [-0.3, -0.25) is 4.98 Å². The second-order valence-corrected chi connectivity index (χ2v) is 7.04. The molecule has 0 radical (unpaired) electrons. The molecule has 0 aliphatic rings. The fourth-order valence-corrected chi connectivity index (χ4v) is 3.27. The first kappa shape index (κ1) is 15.7. The van der Waals surface area contributed by atoms with Gasteiger partial charge in [0, 0.05) is 18.0 Å². The van der Waals surface area contributed by atoms with Crippen LogP contribution in [0.1, 0.15) is 35.9 Å². The second kappa shape index (κ2) is 6.57. The van der Waals surface area contributed by atoms with Crippen LogP contribution in [0.2, 0.25) is 0 Å². The molecule has 4 aromatic rings. The van der Waals surface area contributed by atoms with Gasteiger partial charge in [0.1, 0.15) is 5.01 Å². The molecule has 0 aliphatic heterocycles. The van der Waals surface area contributed by atoms with Gasteiger partial charge in [0.2, 0.25) is 4.96 Å². The summed E-state index contributed by atoms with van der Waals surface area (Å²) in [5.41, 5.74) is 3.40. The number of pyridine rings is 1. The lowest BCUT2D eigenvalue weighted by Gasteiger charge is -2.04. The predicted molar refractivity (Wildman–Crippen MR) is 101 cm³/mol. The Balaban J connectivity index is 1.61. The van der Waals surface area contributed by atoms with Crippen molar-refractivity contribution >= 4 is 28.4 Å². The molecule has 0 saturated carbocycles. The third kappa shape index (κ3) is 3.21. The maximum atomic E-state index is 4.61. The van der Waals surface area contributed by atoms with Gasteiger partial charge in [0.15, 0.2) is 5.82 Å². The summed E-state index contributed by atoms with van der Waals surface area (Å²) in [5, 5.41) is 13.9. The van der Waals surface area contributed by atoms with Crippen molar-refractivity contribution in [2.24, 2.45) is 0 Å². The molecule has 3 heterocycles. The van der Waals surface area contributed by atoms with Crippen molar-refractivity contribution < 1.29 is 0 Å². The van der Waals surface area contributed by atoms with Crippen molar-refractivity contribution in [3.8, 4) is 11.4 Å². The molecule has 1 aromatic carbocycles. The zero-order valence-corrected chi connectivity index (χ0v) is 14.8. The highest BCUT2D eigenvalue weighted by Gasteiger charge is 2.12. The molecular formula is C19H17N5S. The van der Waals surface area contributed by atoms with Crippen LogP contribution >= 0.6 is 11.3 Å². The molecule has 3 aromatic heterocycles. The Morgan fingerprint density at radius 1 is 1.04 bits per heavy atom. The third-order valence-electron chi connectivity index (χ3n) is 3.95. The first-order valence-corrected chi connectivity index (χ1v) is 8.93. The maximum Gasteiger partial charge on any atom is 0.235 e. The Kier molecular flexibility index (Phi) is 4.11. The molecule has 0 saturated heterocycles. The van der Waals surface area contributed by atoms with Crippen molar-refractivity contribution in [1.29, 1.82) is 0 Å². The van der Waals surface area contributed by atoms with Crippen LogP contribution in [0, 0.1) is 0 Å². The number of hydrogen-bond donors (Lipinski definition) is 0. The van der Waals surface area contributed by atoms with Gasteiger partial charge in [0.25, 0.3) is 0 Å². The standard InChI is InChI=1S/C19H17N5S/c1-13(2)15-8-5-14(6-9-15)7-10-17-23-24-18(21-22-19(24)25-17)16-4-3-11-20-12-16/h3-13H,1-2H3. The molecule has 0 atom stereocenters. The Morgan fingerprint density at radius 3 is 2.60 bits per heavy atom. The van der Waals surface area contributed by atoms with Crippen LogP contribution in [0.5, 0.6) is 0 Å². The molecule has 6 heteroatoms. The van der Waals surface area contributed by atoms with Gasteiger partial charge in [-0.05, 0) is 35.3 Å². The zero-order chi connectivity index (χ0) is 17.2. The molecule has 0 bridgehead atoms. The predicted octanol–water partition coefficient (Wildman–Crippen LogP) is 4.54. The highest BCUT2D eigenvalue weighted by Crippen LogP contribution is 2.22. The summed E-state index contributed by atoms with van der Waals surface area (Å²) in [6.45, 7) is 4.40. The minimum atomic E-state index is 0.545. The Labute approximate surface area is 149 Å². The van der Waals surface area contributed by atoms with E-state index in [1.54, 1.807) is 16.9 Å². The summed E-state index contributed by atoms with van der Waals surface area (Å²) in [4.78, 5) is 4.90. The fourth-order valence-electron chi connectivity index (χ4n) is 2.53. The van der Waals surface area contributed by atoms with E-state index in [9.17, 15) is 0 Å². The van der Waals surface area contributed by atoms with E-state index in [0.717, 1.165) is 21.1 Å². The summed E-state index contributed by atoms with van der Waals surface area (Å²) in [5.74, 6) is 1.25. The van der Waals surface area contributed by atoms with Crippen molar-refractivity contribution in [2.75, 3.05) is 0 Å². The number of aromatic nitrogens is 5. The van der Waals surface area contributed by atoms with Crippen LogP contribution < -0.4 is 0 Å². The van der Waals surface area contributed by atoms with E-state index in [4.69, 9.17) is 0 Å². The van der Waals surface area contributed by atoms with Gasteiger partial charge in [-0.1, -0.05) is 55.5 Å². The van der Waals surface area contributed by atoms with Gasteiger partial charge >= 0.3 is 0 Å². The van der Waals surface area contributed by atoms with Gasteiger partial charge in [-0.25, -0.2) is 0 Å².